The second kappa shape index (κ2) is 7.70. The molecule has 0 saturated heterocycles. The van der Waals surface area contributed by atoms with Gasteiger partial charge in [-0.1, -0.05) is 43.7 Å². The van der Waals surface area contributed by atoms with E-state index in [1.165, 1.54) is 4.57 Å². The van der Waals surface area contributed by atoms with Crippen LogP contribution < -0.4 is 10.9 Å². The topological polar surface area (TPSA) is 85.0 Å². The van der Waals surface area contributed by atoms with E-state index in [2.05, 4.69) is 22.2 Å². The maximum atomic E-state index is 12.9. The zero-order chi connectivity index (χ0) is 18.7. The Kier molecular flexibility index (Phi) is 5.37. The van der Waals surface area contributed by atoms with Crippen molar-refractivity contribution in [3.63, 3.8) is 0 Å². The molecule has 0 aliphatic rings. The third-order valence-corrected chi connectivity index (χ3v) is 4.49. The van der Waals surface area contributed by atoms with Gasteiger partial charge in [0.2, 0.25) is 5.95 Å². The fraction of sp³-hybridized carbons (Fsp3) is 0.421. The van der Waals surface area contributed by atoms with Crippen LogP contribution in [0.3, 0.4) is 0 Å². The number of aromatic nitrogens is 4. The van der Waals surface area contributed by atoms with E-state index in [0.29, 0.717) is 30.1 Å². The summed E-state index contributed by atoms with van der Waals surface area (Å²) >= 11 is 0. The molecule has 3 rings (SSSR count). The molecule has 26 heavy (non-hydrogen) atoms. The molecule has 0 spiro atoms. The van der Waals surface area contributed by atoms with E-state index in [0.717, 1.165) is 24.2 Å². The molecule has 1 unspecified atom stereocenters. The van der Waals surface area contributed by atoms with E-state index in [-0.39, 0.29) is 5.56 Å². The van der Waals surface area contributed by atoms with Crippen LogP contribution in [0.15, 0.2) is 35.1 Å². The fourth-order valence-electron chi connectivity index (χ4n) is 2.98. The first-order valence-corrected chi connectivity index (χ1v) is 8.93. The van der Waals surface area contributed by atoms with Gasteiger partial charge in [0.15, 0.2) is 11.2 Å². The Bertz CT molecular complexity index is 946. The molecule has 2 N–H and O–H groups in total. The van der Waals surface area contributed by atoms with E-state index >= 15 is 0 Å². The maximum absolute atomic E-state index is 12.9. The first-order valence-electron chi connectivity index (χ1n) is 8.93. The van der Waals surface area contributed by atoms with Crippen LogP contribution in [0.2, 0.25) is 0 Å². The molecule has 1 aromatic carbocycles. The minimum Gasteiger partial charge on any atom is -0.374 e. The molecular formula is C19H25N5O2. The van der Waals surface area contributed by atoms with Gasteiger partial charge in [-0.05, 0) is 25.3 Å². The Labute approximate surface area is 152 Å². The predicted molar refractivity (Wildman–Crippen MR) is 102 cm³/mol. The molecule has 2 heterocycles. The summed E-state index contributed by atoms with van der Waals surface area (Å²) < 4.78 is 3.32. The number of fused-ring (bicyclic) bond motifs is 1. The van der Waals surface area contributed by atoms with Crippen molar-refractivity contribution < 1.29 is 5.11 Å². The summed E-state index contributed by atoms with van der Waals surface area (Å²) in [5.74, 6) is 1.06. The lowest BCUT2D eigenvalue weighted by Gasteiger charge is -2.15. The van der Waals surface area contributed by atoms with E-state index in [1.807, 2.05) is 41.8 Å². The van der Waals surface area contributed by atoms with Crippen molar-refractivity contribution in [2.45, 2.75) is 45.9 Å². The second-order valence-corrected chi connectivity index (χ2v) is 6.50. The van der Waals surface area contributed by atoms with Gasteiger partial charge in [-0.3, -0.25) is 9.36 Å². The highest BCUT2D eigenvalue weighted by Crippen LogP contribution is 2.16. The van der Waals surface area contributed by atoms with Crippen molar-refractivity contribution in [1.29, 1.82) is 0 Å². The normalized spacial score (nSPS) is 12.5. The van der Waals surface area contributed by atoms with Crippen LogP contribution in [0.4, 0.5) is 5.95 Å². The van der Waals surface area contributed by atoms with Crippen LogP contribution in [0.25, 0.3) is 11.2 Å². The number of anilines is 1. The number of aliphatic hydroxyl groups excluding tert-OH is 1. The van der Waals surface area contributed by atoms with Crippen molar-refractivity contribution >= 4 is 17.1 Å². The number of nitrogens with one attached hydrogen (secondary N) is 1. The fourth-order valence-corrected chi connectivity index (χ4v) is 2.98. The van der Waals surface area contributed by atoms with E-state index in [4.69, 9.17) is 0 Å². The molecule has 0 saturated carbocycles. The largest absolute Gasteiger partial charge is 0.374 e. The zero-order valence-corrected chi connectivity index (χ0v) is 15.4. The van der Waals surface area contributed by atoms with Crippen LogP contribution in [0.5, 0.6) is 0 Å². The summed E-state index contributed by atoms with van der Waals surface area (Å²) in [7, 11) is 1.65. The average Bonchev–Trinajstić information content (AvgIpc) is 2.94. The smallest absolute Gasteiger partial charge is 0.280 e. The minimum atomic E-state index is -0.738. The van der Waals surface area contributed by atoms with Gasteiger partial charge in [-0.15, -0.1) is 0 Å². The van der Waals surface area contributed by atoms with E-state index in [9.17, 15) is 9.90 Å². The second-order valence-electron chi connectivity index (χ2n) is 6.50. The van der Waals surface area contributed by atoms with Crippen LogP contribution in [0.1, 0.15) is 37.6 Å². The highest BCUT2D eigenvalue weighted by molar-refractivity contribution is 5.72. The van der Waals surface area contributed by atoms with Crippen LogP contribution >= 0.6 is 0 Å². The molecule has 2 aromatic heterocycles. The maximum Gasteiger partial charge on any atom is 0.280 e. The lowest BCUT2D eigenvalue weighted by molar-refractivity contribution is 0.188. The SMILES string of the molecule is CCCCC(O)Nc1nc2nc(C)n(Cc3ccccc3)c2c(=O)n1C. The lowest BCUT2D eigenvalue weighted by atomic mass is 10.2. The molecule has 138 valence electrons. The molecular weight excluding hydrogens is 330 g/mol. The first kappa shape index (κ1) is 18.1. The standard InChI is InChI=1S/C19H25N5O2/c1-4-5-11-15(25)21-19-22-17-16(18(26)23(19)3)24(13(2)20-17)12-14-9-7-6-8-10-14/h6-10,15,25H,4-5,11-12H2,1-3H3,(H,21,22). The van der Waals surface area contributed by atoms with Crippen molar-refractivity contribution in [1.82, 2.24) is 19.1 Å². The summed E-state index contributed by atoms with van der Waals surface area (Å²) in [6, 6.07) is 9.94. The Morgan fingerprint density at radius 3 is 2.65 bits per heavy atom. The van der Waals surface area contributed by atoms with Gasteiger partial charge < -0.3 is 15.0 Å². The third-order valence-electron chi connectivity index (χ3n) is 4.49. The number of hydrogen-bond donors (Lipinski definition) is 2. The summed E-state index contributed by atoms with van der Waals surface area (Å²) in [5, 5.41) is 13.0. The molecule has 0 aliphatic heterocycles. The molecule has 0 radical (unpaired) electrons. The monoisotopic (exact) mass is 355 g/mol. The number of rotatable bonds is 7. The predicted octanol–water partition coefficient (Wildman–Crippen LogP) is 2.41. The molecule has 0 bridgehead atoms. The van der Waals surface area contributed by atoms with Gasteiger partial charge in [0.1, 0.15) is 12.1 Å². The van der Waals surface area contributed by atoms with Crippen LogP contribution in [-0.2, 0) is 13.6 Å². The van der Waals surface area contributed by atoms with Gasteiger partial charge in [-0.25, -0.2) is 4.98 Å². The number of hydrogen-bond acceptors (Lipinski definition) is 5. The molecule has 0 amide bonds. The lowest BCUT2D eigenvalue weighted by Crippen LogP contribution is -2.28. The Morgan fingerprint density at radius 2 is 1.96 bits per heavy atom. The molecule has 1 atom stereocenters. The Balaban J connectivity index is 1.99. The van der Waals surface area contributed by atoms with Gasteiger partial charge in [0.05, 0.1) is 0 Å². The van der Waals surface area contributed by atoms with Crippen LogP contribution in [0, 0.1) is 6.92 Å². The quantitative estimate of drug-likeness (QED) is 0.636. The van der Waals surface area contributed by atoms with Gasteiger partial charge >= 0.3 is 0 Å². The van der Waals surface area contributed by atoms with Crippen molar-refractivity contribution in [2.75, 3.05) is 5.32 Å². The van der Waals surface area contributed by atoms with Gasteiger partial charge in [-0.2, -0.15) is 4.98 Å². The molecule has 7 nitrogen and oxygen atoms in total. The van der Waals surface area contributed by atoms with E-state index in [1.54, 1.807) is 7.05 Å². The zero-order valence-electron chi connectivity index (χ0n) is 15.4. The van der Waals surface area contributed by atoms with Crippen molar-refractivity contribution in [3.05, 3.63) is 52.1 Å². The third kappa shape index (κ3) is 3.62. The van der Waals surface area contributed by atoms with Gasteiger partial charge in [0, 0.05) is 13.6 Å². The number of aryl methyl sites for hydroxylation is 1. The highest BCUT2D eigenvalue weighted by Gasteiger charge is 2.17. The minimum absolute atomic E-state index is 0.184. The first-order chi connectivity index (χ1) is 12.5. The molecule has 0 fully saturated rings. The summed E-state index contributed by atoms with van der Waals surface area (Å²) in [6.45, 7) is 4.49. The summed E-state index contributed by atoms with van der Waals surface area (Å²) in [6.07, 6.45) is 1.76. The number of unbranched alkanes of at least 4 members (excludes halogenated alkanes) is 1. The van der Waals surface area contributed by atoms with E-state index < -0.39 is 6.23 Å². The number of nitrogens with zero attached hydrogens (tertiary/aromatic N) is 4. The number of aliphatic hydroxyl groups is 1. The van der Waals surface area contributed by atoms with Gasteiger partial charge in [0.25, 0.3) is 5.56 Å². The molecule has 7 heteroatoms. The number of imidazole rings is 1. The Hall–Kier alpha value is -2.67. The molecule has 3 aromatic rings. The summed E-state index contributed by atoms with van der Waals surface area (Å²) in [4.78, 5) is 21.8. The highest BCUT2D eigenvalue weighted by atomic mass is 16.3. The van der Waals surface area contributed by atoms with Crippen LogP contribution in [-0.4, -0.2) is 30.4 Å². The number of benzene rings is 1. The summed E-state index contributed by atoms with van der Waals surface area (Å²) in [5.41, 5.74) is 1.78. The molecule has 0 aliphatic carbocycles. The van der Waals surface area contributed by atoms with Crippen molar-refractivity contribution in [2.24, 2.45) is 7.05 Å². The average molecular weight is 355 g/mol. The van der Waals surface area contributed by atoms with Crippen molar-refractivity contribution in [3.8, 4) is 0 Å². The Morgan fingerprint density at radius 1 is 1.23 bits per heavy atom.